The molecule has 2 amide bonds. The number of carbonyl (C=O) groups excluding carboxylic acids is 2. The maximum Gasteiger partial charge on any atom is 0.240 e. The van der Waals surface area contributed by atoms with Crippen molar-refractivity contribution in [3.05, 3.63) is 59.9 Å². The van der Waals surface area contributed by atoms with E-state index < -0.39 is 15.9 Å². The van der Waals surface area contributed by atoms with Crippen LogP contribution in [-0.4, -0.2) is 44.3 Å². The molecule has 9 heteroatoms. The second-order valence-electron chi connectivity index (χ2n) is 8.06. The number of anilines is 1. The summed E-state index contributed by atoms with van der Waals surface area (Å²) in [4.78, 5) is 26.7. The second-order valence-corrected chi connectivity index (χ2v) is 9.78. The van der Waals surface area contributed by atoms with Crippen LogP contribution in [0.3, 0.4) is 0 Å². The average Bonchev–Trinajstić information content (AvgIpc) is 3.14. The van der Waals surface area contributed by atoms with Crippen LogP contribution in [0.2, 0.25) is 0 Å². The number of nitrogens with zero attached hydrogens (tertiary/aromatic N) is 1. The predicted molar refractivity (Wildman–Crippen MR) is 120 cm³/mol. The molecule has 0 saturated carbocycles. The van der Waals surface area contributed by atoms with E-state index in [0.717, 1.165) is 5.56 Å². The van der Waals surface area contributed by atoms with Crippen LogP contribution in [0.15, 0.2) is 53.4 Å². The highest BCUT2D eigenvalue weighted by molar-refractivity contribution is 7.89. The summed E-state index contributed by atoms with van der Waals surface area (Å²) in [5, 5.41) is 2.76. The van der Waals surface area contributed by atoms with Gasteiger partial charge in [-0.05, 0) is 61.7 Å². The van der Waals surface area contributed by atoms with Gasteiger partial charge in [0.05, 0.1) is 10.8 Å². The first kappa shape index (κ1) is 23.9. The minimum atomic E-state index is -3.61. The number of benzene rings is 2. The van der Waals surface area contributed by atoms with Crippen LogP contribution >= 0.6 is 0 Å². The van der Waals surface area contributed by atoms with E-state index in [9.17, 15) is 22.4 Å². The summed E-state index contributed by atoms with van der Waals surface area (Å²) >= 11 is 0. The number of likely N-dealkylation sites (tertiary alicyclic amines) is 1. The summed E-state index contributed by atoms with van der Waals surface area (Å²) in [5.74, 6) is -1.16. The molecule has 0 aromatic heterocycles. The maximum atomic E-state index is 13.0. The Labute approximate surface area is 188 Å². The number of halogens is 1. The van der Waals surface area contributed by atoms with E-state index in [1.807, 2.05) is 6.92 Å². The van der Waals surface area contributed by atoms with Crippen LogP contribution < -0.4 is 10.0 Å². The molecule has 0 bridgehead atoms. The van der Waals surface area contributed by atoms with E-state index in [-0.39, 0.29) is 35.0 Å². The summed E-state index contributed by atoms with van der Waals surface area (Å²) in [5.41, 5.74) is 1.39. The molecule has 1 fully saturated rings. The lowest BCUT2D eigenvalue weighted by Crippen LogP contribution is -2.32. The standard InChI is InChI=1S/C23H28FN3O4S/c1-3-16(2)26-32(30,31)21-10-8-20(9-11-21)25-23(29)18-14-22(28)27(15-18)13-12-17-4-6-19(24)7-5-17/h4-11,16,18,26H,3,12-15H2,1-2H3,(H,25,29)/t16-,18+/m1/s1. The monoisotopic (exact) mass is 461 g/mol. The van der Waals surface area contributed by atoms with Crippen molar-refractivity contribution in [2.24, 2.45) is 5.92 Å². The molecule has 1 aliphatic rings. The third-order valence-corrected chi connectivity index (χ3v) is 7.18. The minimum absolute atomic E-state index is 0.0928. The van der Waals surface area contributed by atoms with Gasteiger partial charge in [-0.1, -0.05) is 19.1 Å². The zero-order chi connectivity index (χ0) is 23.3. The second kappa shape index (κ2) is 10.2. The van der Waals surface area contributed by atoms with Crippen LogP contribution in [-0.2, 0) is 26.0 Å². The van der Waals surface area contributed by atoms with Crippen LogP contribution in [0.4, 0.5) is 10.1 Å². The van der Waals surface area contributed by atoms with Gasteiger partial charge in [0.15, 0.2) is 0 Å². The largest absolute Gasteiger partial charge is 0.342 e. The molecule has 2 aromatic carbocycles. The first-order chi connectivity index (χ1) is 15.2. The zero-order valence-electron chi connectivity index (χ0n) is 18.2. The normalized spacial score (nSPS) is 17.4. The van der Waals surface area contributed by atoms with Crippen LogP contribution in [0.1, 0.15) is 32.3 Å². The van der Waals surface area contributed by atoms with E-state index >= 15 is 0 Å². The number of amides is 2. The minimum Gasteiger partial charge on any atom is -0.342 e. The van der Waals surface area contributed by atoms with Gasteiger partial charge < -0.3 is 10.2 Å². The number of hydrogen-bond acceptors (Lipinski definition) is 4. The van der Waals surface area contributed by atoms with Gasteiger partial charge in [0.25, 0.3) is 0 Å². The summed E-state index contributed by atoms with van der Waals surface area (Å²) in [6.45, 7) is 4.46. The molecule has 32 heavy (non-hydrogen) atoms. The Kier molecular flexibility index (Phi) is 7.63. The highest BCUT2D eigenvalue weighted by atomic mass is 32.2. The molecule has 172 valence electrons. The maximum absolute atomic E-state index is 13.0. The van der Waals surface area contributed by atoms with E-state index in [4.69, 9.17) is 0 Å². The third kappa shape index (κ3) is 6.14. The summed E-state index contributed by atoms with van der Waals surface area (Å²) < 4.78 is 40.3. The predicted octanol–water partition coefficient (Wildman–Crippen LogP) is 2.93. The summed E-state index contributed by atoms with van der Waals surface area (Å²) in [7, 11) is -3.61. The van der Waals surface area contributed by atoms with Gasteiger partial charge in [0.2, 0.25) is 21.8 Å². The Morgan fingerprint density at radius 1 is 1.16 bits per heavy atom. The van der Waals surface area contributed by atoms with Gasteiger partial charge in [-0.2, -0.15) is 0 Å². The number of nitrogens with one attached hydrogen (secondary N) is 2. The van der Waals surface area contributed by atoms with Crippen molar-refractivity contribution >= 4 is 27.5 Å². The SMILES string of the molecule is CC[C@@H](C)NS(=O)(=O)c1ccc(NC(=O)[C@H]2CC(=O)N(CCc3ccc(F)cc3)C2)cc1. The Hall–Kier alpha value is -2.78. The van der Waals surface area contributed by atoms with Gasteiger partial charge in [0.1, 0.15) is 5.82 Å². The smallest absolute Gasteiger partial charge is 0.240 e. The molecule has 7 nitrogen and oxygen atoms in total. The van der Waals surface area contributed by atoms with Gasteiger partial charge in [-0.25, -0.2) is 17.5 Å². The number of rotatable bonds is 9. The molecule has 0 aliphatic carbocycles. The molecular formula is C23H28FN3O4S. The van der Waals surface area contributed by atoms with E-state index in [2.05, 4.69) is 10.0 Å². The first-order valence-electron chi connectivity index (χ1n) is 10.6. The van der Waals surface area contributed by atoms with Crippen molar-refractivity contribution in [3.8, 4) is 0 Å². The lowest BCUT2D eigenvalue weighted by molar-refractivity contribution is -0.128. The van der Waals surface area contributed by atoms with Crippen molar-refractivity contribution < 1.29 is 22.4 Å². The van der Waals surface area contributed by atoms with Crippen molar-refractivity contribution in [3.63, 3.8) is 0 Å². The average molecular weight is 462 g/mol. The highest BCUT2D eigenvalue weighted by Crippen LogP contribution is 2.21. The Balaban J connectivity index is 1.54. The Morgan fingerprint density at radius 2 is 1.81 bits per heavy atom. The Morgan fingerprint density at radius 3 is 2.44 bits per heavy atom. The molecule has 0 radical (unpaired) electrons. The topological polar surface area (TPSA) is 95.6 Å². The van der Waals surface area contributed by atoms with Gasteiger partial charge in [-0.3, -0.25) is 9.59 Å². The molecule has 2 atom stereocenters. The van der Waals surface area contributed by atoms with Crippen LogP contribution in [0.5, 0.6) is 0 Å². The molecule has 0 spiro atoms. The molecule has 1 heterocycles. The molecule has 1 aliphatic heterocycles. The number of hydrogen-bond donors (Lipinski definition) is 2. The van der Waals surface area contributed by atoms with Crippen LogP contribution in [0, 0.1) is 11.7 Å². The summed E-state index contributed by atoms with van der Waals surface area (Å²) in [6.07, 6.45) is 1.38. The van der Waals surface area contributed by atoms with Crippen molar-refractivity contribution in [1.82, 2.24) is 9.62 Å². The lowest BCUT2D eigenvalue weighted by atomic mass is 10.1. The summed E-state index contributed by atoms with van der Waals surface area (Å²) in [6, 6.07) is 11.9. The molecular weight excluding hydrogens is 433 g/mol. The quantitative estimate of drug-likeness (QED) is 0.600. The van der Waals surface area contributed by atoms with E-state index in [1.165, 1.54) is 36.4 Å². The fraction of sp³-hybridized carbons (Fsp3) is 0.391. The van der Waals surface area contributed by atoms with Crippen molar-refractivity contribution in [1.29, 1.82) is 0 Å². The fourth-order valence-corrected chi connectivity index (χ4v) is 4.78. The van der Waals surface area contributed by atoms with Crippen molar-refractivity contribution in [2.75, 3.05) is 18.4 Å². The highest BCUT2D eigenvalue weighted by Gasteiger charge is 2.34. The molecule has 3 rings (SSSR count). The number of carbonyl (C=O) groups is 2. The molecule has 1 saturated heterocycles. The van der Waals surface area contributed by atoms with E-state index in [0.29, 0.717) is 31.6 Å². The van der Waals surface area contributed by atoms with Gasteiger partial charge >= 0.3 is 0 Å². The van der Waals surface area contributed by atoms with Gasteiger partial charge in [-0.15, -0.1) is 0 Å². The molecule has 0 unspecified atom stereocenters. The third-order valence-electron chi connectivity index (χ3n) is 5.57. The number of sulfonamides is 1. The molecule has 2 N–H and O–H groups in total. The lowest BCUT2D eigenvalue weighted by Gasteiger charge is -2.17. The fourth-order valence-electron chi connectivity index (χ4n) is 3.46. The zero-order valence-corrected chi connectivity index (χ0v) is 19.0. The van der Waals surface area contributed by atoms with Crippen molar-refractivity contribution in [2.45, 2.75) is 44.0 Å². The van der Waals surface area contributed by atoms with Crippen LogP contribution in [0.25, 0.3) is 0 Å². The van der Waals surface area contributed by atoms with E-state index in [1.54, 1.807) is 24.0 Å². The molecule has 2 aromatic rings. The van der Waals surface area contributed by atoms with Gasteiger partial charge in [0, 0.05) is 31.2 Å². The Bertz CT molecular complexity index is 1060. The first-order valence-corrected chi connectivity index (χ1v) is 12.1.